The Morgan fingerprint density at radius 1 is 1.19 bits per heavy atom. The molecule has 0 aliphatic heterocycles. The fraction of sp³-hybridized carbons (Fsp3) is 0.625. The standard InChI is InChI=1S/C16H22F3NO/c1-15(2)8-7-14(15)20-9-12-3-5-13(6-4-12)10-21-11-16(17,18)19/h3-6,14,20H,7-11H2,1-2H3. The van der Waals surface area contributed by atoms with Crippen LogP contribution >= 0.6 is 0 Å². The molecule has 1 aliphatic rings. The van der Waals surface area contributed by atoms with E-state index >= 15 is 0 Å². The lowest BCUT2D eigenvalue weighted by atomic mass is 9.67. The van der Waals surface area contributed by atoms with Gasteiger partial charge in [-0.25, -0.2) is 0 Å². The SMILES string of the molecule is CC1(C)CCC1NCc1ccc(COCC(F)(F)F)cc1. The first-order chi connectivity index (χ1) is 9.76. The fourth-order valence-electron chi connectivity index (χ4n) is 2.52. The summed E-state index contributed by atoms with van der Waals surface area (Å²) in [6.45, 7) is 4.10. The van der Waals surface area contributed by atoms with Crippen LogP contribution in [0.15, 0.2) is 24.3 Å². The summed E-state index contributed by atoms with van der Waals surface area (Å²) < 4.78 is 40.5. The van der Waals surface area contributed by atoms with Gasteiger partial charge in [-0.05, 0) is 29.4 Å². The van der Waals surface area contributed by atoms with E-state index in [9.17, 15) is 13.2 Å². The molecule has 5 heteroatoms. The van der Waals surface area contributed by atoms with Gasteiger partial charge in [-0.15, -0.1) is 0 Å². The highest BCUT2D eigenvalue weighted by atomic mass is 19.4. The van der Waals surface area contributed by atoms with E-state index in [1.165, 1.54) is 12.8 Å². The Labute approximate surface area is 123 Å². The van der Waals surface area contributed by atoms with Crippen molar-refractivity contribution in [3.63, 3.8) is 0 Å². The lowest BCUT2D eigenvalue weighted by Gasteiger charge is -2.45. The molecule has 2 nitrogen and oxygen atoms in total. The maximum Gasteiger partial charge on any atom is 0.411 e. The fourth-order valence-corrected chi connectivity index (χ4v) is 2.52. The van der Waals surface area contributed by atoms with Gasteiger partial charge in [0.05, 0.1) is 6.61 Å². The first kappa shape index (κ1) is 16.3. The van der Waals surface area contributed by atoms with E-state index < -0.39 is 12.8 Å². The minimum Gasteiger partial charge on any atom is -0.367 e. The number of benzene rings is 1. The maximum atomic E-state index is 12.0. The van der Waals surface area contributed by atoms with Crippen LogP contribution in [0.5, 0.6) is 0 Å². The van der Waals surface area contributed by atoms with Crippen molar-refractivity contribution in [1.29, 1.82) is 0 Å². The van der Waals surface area contributed by atoms with E-state index in [1.54, 1.807) is 0 Å². The van der Waals surface area contributed by atoms with Crippen LogP contribution < -0.4 is 5.32 Å². The average Bonchev–Trinajstić information content (AvgIpc) is 2.38. The molecule has 1 aliphatic carbocycles. The van der Waals surface area contributed by atoms with Crippen molar-refractivity contribution >= 4 is 0 Å². The summed E-state index contributed by atoms with van der Waals surface area (Å²) in [6, 6.07) is 8.06. The molecular formula is C16H22F3NO. The normalized spacial score (nSPS) is 21.1. The predicted octanol–water partition coefficient (Wildman–Crippen LogP) is 4.04. The summed E-state index contributed by atoms with van der Waals surface area (Å²) in [5.74, 6) is 0. The molecule has 0 saturated heterocycles. The van der Waals surface area contributed by atoms with Crippen LogP contribution in [0.1, 0.15) is 37.8 Å². The molecule has 0 radical (unpaired) electrons. The van der Waals surface area contributed by atoms with Gasteiger partial charge >= 0.3 is 6.18 Å². The molecule has 21 heavy (non-hydrogen) atoms. The lowest BCUT2D eigenvalue weighted by Crippen LogP contribution is -2.49. The second-order valence-electron chi connectivity index (χ2n) is 6.39. The summed E-state index contributed by atoms with van der Waals surface area (Å²) >= 11 is 0. The quantitative estimate of drug-likeness (QED) is 0.856. The van der Waals surface area contributed by atoms with Crippen LogP contribution in [0.2, 0.25) is 0 Å². The number of hydrogen-bond donors (Lipinski definition) is 1. The van der Waals surface area contributed by atoms with Crippen molar-refractivity contribution in [2.45, 2.75) is 52.1 Å². The molecule has 1 atom stereocenters. The van der Waals surface area contributed by atoms with Crippen LogP contribution in [0, 0.1) is 5.41 Å². The lowest BCUT2D eigenvalue weighted by molar-refractivity contribution is -0.176. The van der Waals surface area contributed by atoms with Crippen molar-refractivity contribution in [3.05, 3.63) is 35.4 Å². The Bertz CT molecular complexity index is 454. The van der Waals surface area contributed by atoms with Gasteiger partial charge in [0.15, 0.2) is 0 Å². The molecule has 0 amide bonds. The predicted molar refractivity (Wildman–Crippen MR) is 75.8 cm³/mol. The molecule has 0 heterocycles. The molecule has 0 bridgehead atoms. The Morgan fingerprint density at radius 3 is 2.29 bits per heavy atom. The van der Waals surface area contributed by atoms with Gasteiger partial charge < -0.3 is 10.1 Å². The second-order valence-corrected chi connectivity index (χ2v) is 6.39. The number of nitrogens with one attached hydrogen (secondary N) is 1. The molecule has 1 saturated carbocycles. The Kier molecular flexibility index (Phi) is 4.94. The van der Waals surface area contributed by atoms with E-state index in [1.807, 2.05) is 24.3 Å². The number of hydrogen-bond acceptors (Lipinski definition) is 2. The van der Waals surface area contributed by atoms with E-state index in [-0.39, 0.29) is 6.61 Å². The summed E-state index contributed by atoms with van der Waals surface area (Å²) in [6.07, 6.45) is -1.81. The second kappa shape index (κ2) is 6.36. The zero-order chi connectivity index (χ0) is 15.5. The highest BCUT2D eigenvalue weighted by Crippen LogP contribution is 2.39. The van der Waals surface area contributed by atoms with Crippen LogP contribution in [0.25, 0.3) is 0 Å². The van der Waals surface area contributed by atoms with Gasteiger partial charge in [-0.3, -0.25) is 0 Å². The minimum absolute atomic E-state index is 0.0110. The third-order valence-electron chi connectivity index (χ3n) is 4.13. The largest absolute Gasteiger partial charge is 0.411 e. The van der Waals surface area contributed by atoms with Crippen molar-refractivity contribution in [2.24, 2.45) is 5.41 Å². The van der Waals surface area contributed by atoms with E-state index in [4.69, 9.17) is 0 Å². The Morgan fingerprint density at radius 2 is 1.81 bits per heavy atom. The molecule has 1 aromatic carbocycles. The summed E-state index contributed by atoms with van der Waals surface area (Å²) in [4.78, 5) is 0. The molecular weight excluding hydrogens is 279 g/mol. The van der Waals surface area contributed by atoms with Gasteiger partial charge in [-0.1, -0.05) is 38.1 Å². The highest BCUT2D eigenvalue weighted by Gasteiger charge is 2.37. The maximum absolute atomic E-state index is 12.0. The zero-order valence-corrected chi connectivity index (χ0v) is 12.5. The average molecular weight is 301 g/mol. The number of rotatable bonds is 6. The zero-order valence-electron chi connectivity index (χ0n) is 12.5. The van der Waals surface area contributed by atoms with E-state index in [0.717, 1.165) is 17.7 Å². The monoisotopic (exact) mass is 301 g/mol. The summed E-state index contributed by atoms with van der Waals surface area (Å²) in [5.41, 5.74) is 2.26. The number of ether oxygens (including phenoxy) is 1. The topological polar surface area (TPSA) is 21.3 Å². The van der Waals surface area contributed by atoms with E-state index in [2.05, 4.69) is 23.9 Å². The van der Waals surface area contributed by atoms with Crippen LogP contribution in [-0.4, -0.2) is 18.8 Å². The number of alkyl halides is 3. The van der Waals surface area contributed by atoms with Crippen LogP contribution in [-0.2, 0) is 17.9 Å². The Balaban J connectivity index is 1.74. The van der Waals surface area contributed by atoms with Gasteiger partial charge in [0.1, 0.15) is 6.61 Å². The van der Waals surface area contributed by atoms with Crippen molar-refractivity contribution < 1.29 is 17.9 Å². The number of halogens is 3. The molecule has 2 rings (SSSR count). The van der Waals surface area contributed by atoms with Crippen LogP contribution in [0.3, 0.4) is 0 Å². The summed E-state index contributed by atoms with van der Waals surface area (Å²) in [5, 5.41) is 3.53. The molecule has 1 N–H and O–H groups in total. The van der Waals surface area contributed by atoms with Crippen molar-refractivity contribution in [1.82, 2.24) is 5.32 Å². The van der Waals surface area contributed by atoms with E-state index in [0.29, 0.717) is 11.5 Å². The van der Waals surface area contributed by atoms with Crippen molar-refractivity contribution in [2.75, 3.05) is 6.61 Å². The molecule has 0 spiro atoms. The smallest absolute Gasteiger partial charge is 0.367 e. The molecule has 1 fully saturated rings. The molecule has 1 unspecified atom stereocenters. The van der Waals surface area contributed by atoms with Crippen molar-refractivity contribution in [3.8, 4) is 0 Å². The van der Waals surface area contributed by atoms with Gasteiger partial charge in [0.2, 0.25) is 0 Å². The third-order valence-corrected chi connectivity index (χ3v) is 4.13. The highest BCUT2D eigenvalue weighted by molar-refractivity contribution is 5.22. The Hall–Kier alpha value is -1.07. The van der Waals surface area contributed by atoms with Crippen LogP contribution in [0.4, 0.5) is 13.2 Å². The van der Waals surface area contributed by atoms with Gasteiger partial charge in [-0.2, -0.15) is 13.2 Å². The minimum atomic E-state index is -4.26. The first-order valence-corrected chi connectivity index (χ1v) is 7.22. The molecule has 0 aromatic heterocycles. The molecule has 1 aromatic rings. The molecule has 118 valence electrons. The third kappa shape index (κ3) is 5.00. The summed E-state index contributed by atoms with van der Waals surface area (Å²) in [7, 11) is 0. The first-order valence-electron chi connectivity index (χ1n) is 7.22. The van der Waals surface area contributed by atoms with Gasteiger partial charge in [0.25, 0.3) is 0 Å². The van der Waals surface area contributed by atoms with Gasteiger partial charge in [0, 0.05) is 12.6 Å².